The Morgan fingerprint density at radius 2 is 1.34 bits per heavy atom. The second-order valence-corrected chi connectivity index (χ2v) is 11.1. The minimum absolute atomic E-state index is 0.279. The topological polar surface area (TPSA) is 49.7 Å². The number of amidine groups is 1. The molecule has 0 unspecified atom stereocenters. The van der Waals surface area contributed by atoms with Crippen LogP contribution in [0.1, 0.15) is 75.3 Å². The van der Waals surface area contributed by atoms with Crippen molar-refractivity contribution < 1.29 is 8.42 Å². The summed E-state index contributed by atoms with van der Waals surface area (Å²) in [6.07, 6.45) is 12.5. The van der Waals surface area contributed by atoms with Crippen molar-refractivity contribution in [2.75, 3.05) is 0 Å². The molecule has 32 heavy (non-hydrogen) atoms. The van der Waals surface area contributed by atoms with E-state index in [-0.39, 0.29) is 4.90 Å². The molecule has 5 heteroatoms. The highest BCUT2D eigenvalue weighted by Gasteiger charge is 2.32. The van der Waals surface area contributed by atoms with Crippen LogP contribution in [0.4, 0.5) is 0 Å². The third kappa shape index (κ3) is 5.80. The molecule has 0 aliphatic heterocycles. The molecular formula is C27H36N2O2S. The van der Waals surface area contributed by atoms with Crippen molar-refractivity contribution in [2.24, 2.45) is 4.40 Å². The molecule has 0 radical (unpaired) electrons. The lowest BCUT2D eigenvalue weighted by atomic mass is 9.88. The van der Waals surface area contributed by atoms with Crippen LogP contribution in [0.15, 0.2) is 63.9 Å². The zero-order valence-electron chi connectivity index (χ0n) is 19.2. The van der Waals surface area contributed by atoms with Gasteiger partial charge < -0.3 is 4.90 Å². The van der Waals surface area contributed by atoms with Crippen molar-refractivity contribution in [3.63, 3.8) is 0 Å². The van der Waals surface area contributed by atoms with E-state index < -0.39 is 10.0 Å². The fourth-order valence-electron chi connectivity index (χ4n) is 5.29. The lowest BCUT2D eigenvalue weighted by Crippen LogP contribution is -2.49. The Morgan fingerprint density at radius 3 is 1.88 bits per heavy atom. The average Bonchev–Trinajstić information content (AvgIpc) is 2.81. The zero-order valence-corrected chi connectivity index (χ0v) is 20.1. The van der Waals surface area contributed by atoms with Crippen LogP contribution in [0.5, 0.6) is 0 Å². The van der Waals surface area contributed by atoms with Crippen LogP contribution in [0.3, 0.4) is 0 Å². The molecular weight excluding hydrogens is 416 g/mol. The van der Waals surface area contributed by atoms with Crippen LogP contribution in [-0.4, -0.2) is 31.2 Å². The summed E-state index contributed by atoms with van der Waals surface area (Å²) in [6.45, 7) is 1.97. The Balaban J connectivity index is 1.76. The molecule has 0 amide bonds. The summed E-state index contributed by atoms with van der Waals surface area (Å²) >= 11 is 0. The predicted molar refractivity (Wildman–Crippen MR) is 132 cm³/mol. The molecule has 0 heterocycles. The van der Waals surface area contributed by atoms with Crippen molar-refractivity contribution in [1.29, 1.82) is 0 Å². The minimum Gasteiger partial charge on any atom is -0.353 e. The van der Waals surface area contributed by atoms with Gasteiger partial charge in [0, 0.05) is 18.5 Å². The van der Waals surface area contributed by atoms with Crippen LogP contribution in [0.2, 0.25) is 0 Å². The monoisotopic (exact) mass is 452 g/mol. The quantitative estimate of drug-likeness (QED) is 0.382. The second kappa shape index (κ2) is 10.7. The molecule has 2 aromatic carbocycles. The molecule has 0 spiro atoms. The van der Waals surface area contributed by atoms with Crippen molar-refractivity contribution >= 4 is 15.9 Å². The molecule has 0 bridgehead atoms. The Morgan fingerprint density at radius 1 is 0.812 bits per heavy atom. The first-order valence-electron chi connectivity index (χ1n) is 12.3. The van der Waals surface area contributed by atoms with Crippen LogP contribution in [0.25, 0.3) is 0 Å². The van der Waals surface area contributed by atoms with Crippen LogP contribution in [0, 0.1) is 6.92 Å². The van der Waals surface area contributed by atoms with Gasteiger partial charge in [-0.25, -0.2) is 0 Å². The van der Waals surface area contributed by atoms with E-state index in [2.05, 4.69) is 21.4 Å². The minimum atomic E-state index is -3.77. The first-order chi connectivity index (χ1) is 15.5. The van der Waals surface area contributed by atoms with Crippen LogP contribution >= 0.6 is 0 Å². The highest BCUT2D eigenvalue weighted by atomic mass is 32.2. The first-order valence-corrected chi connectivity index (χ1v) is 13.7. The summed E-state index contributed by atoms with van der Waals surface area (Å²) in [6, 6.07) is 18.0. The lowest BCUT2D eigenvalue weighted by molar-refractivity contribution is 0.155. The van der Waals surface area contributed by atoms with Gasteiger partial charge in [-0.1, -0.05) is 86.6 Å². The number of benzene rings is 2. The van der Waals surface area contributed by atoms with Crippen molar-refractivity contribution in [3.05, 3.63) is 65.7 Å². The number of rotatable bonds is 6. The van der Waals surface area contributed by atoms with E-state index in [0.717, 1.165) is 42.6 Å². The van der Waals surface area contributed by atoms with Gasteiger partial charge in [0.1, 0.15) is 5.84 Å². The van der Waals surface area contributed by atoms with Gasteiger partial charge in [-0.2, -0.15) is 8.42 Å². The maximum Gasteiger partial charge on any atom is 0.283 e. The van der Waals surface area contributed by atoms with Gasteiger partial charge in [-0.05, 0) is 50.3 Å². The summed E-state index contributed by atoms with van der Waals surface area (Å²) < 4.78 is 31.4. The molecule has 4 rings (SSSR count). The van der Waals surface area contributed by atoms with E-state index in [4.69, 9.17) is 0 Å². The van der Waals surface area contributed by atoms with Gasteiger partial charge in [0.05, 0.1) is 4.90 Å². The van der Waals surface area contributed by atoms with E-state index in [1.807, 2.05) is 37.3 Å². The van der Waals surface area contributed by atoms with Gasteiger partial charge >= 0.3 is 0 Å². The third-order valence-electron chi connectivity index (χ3n) is 6.98. The molecule has 0 saturated heterocycles. The average molecular weight is 453 g/mol. The van der Waals surface area contributed by atoms with Gasteiger partial charge in [-0.15, -0.1) is 4.40 Å². The SMILES string of the molecule is Cc1ccc(S(=O)(=O)/N=C(\Cc2ccccc2)N(C2CCCCC2)C2CCCCC2)cc1. The summed E-state index contributed by atoms with van der Waals surface area (Å²) in [4.78, 5) is 2.73. The normalized spacial score (nSPS) is 19.1. The Labute approximate surface area is 193 Å². The van der Waals surface area contributed by atoms with Crippen LogP contribution < -0.4 is 0 Å². The van der Waals surface area contributed by atoms with E-state index >= 15 is 0 Å². The molecule has 2 fully saturated rings. The van der Waals surface area contributed by atoms with E-state index in [9.17, 15) is 8.42 Å². The Hall–Kier alpha value is -2.14. The number of nitrogens with zero attached hydrogens (tertiary/aromatic N) is 2. The molecule has 2 aliphatic carbocycles. The Kier molecular flexibility index (Phi) is 7.67. The van der Waals surface area contributed by atoms with E-state index in [0.29, 0.717) is 18.5 Å². The first kappa shape index (κ1) is 23.0. The van der Waals surface area contributed by atoms with Crippen molar-refractivity contribution in [1.82, 2.24) is 4.90 Å². The summed E-state index contributed by atoms with van der Waals surface area (Å²) in [5.74, 6) is 0.732. The van der Waals surface area contributed by atoms with E-state index in [1.54, 1.807) is 12.1 Å². The Bertz CT molecular complexity index is 970. The second-order valence-electron chi connectivity index (χ2n) is 9.45. The molecule has 4 nitrogen and oxygen atoms in total. The molecule has 0 aromatic heterocycles. The largest absolute Gasteiger partial charge is 0.353 e. The fourth-order valence-corrected chi connectivity index (χ4v) is 6.31. The zero-order chi connectivity index (χ0) is 22.4. The predicted octanol–water partition coefficient (Wildman–Crippen LogP) is 6.29. The molecule has 2 aromatic rings. The maximum atomic E-state index is 13.4. The summed E-state index contributed by atoms with van der Waals surface area (Å²) in [5, 5.41) is 0. The highest BCUT2D eigenvalue weighted by Crippen LogP contribution is 2.32. The molecule has 2 saturated carbocycles. The van der Waals surface area contributed by atoms with Gasteiger partial charge in [0.2, 0.25) is 0 Å². The number of hydrogen-bond acceptors (Lipinski definition) is 2. The number of hydrogen-bond donors (Lipinski definition) is 0. The fraction of sp³-hybridized carbons (Fsp3) is 0.519. The molecule has 0 N–H and O–H groups in total. The van der Waals surface area contributed by atoms with Gasteiger partial charge in [0.25, 0.3) is 10.0 Å². The van der Waals surface area contributed by atoms with Crippen molar-refractivity contribution in [2.45, 2.75) is 94.5 Å². The number of aryl methyl sites for hydroxylation is 1. The third-order valence-corrected chi connectivity index (χ3v) is 8.30. The maximum absolute atomic E-state index is 13.4. The smallest absolute Gasteiger partial charge is 0.283 e. The molecule has 2 aliphatic rings. The molecule has 0 atom stereocenters. The van der Waals surface area contributed by atoms with Crippen molar-refractivity contribution in [3.8, 4) is 0 Å². The standard InChI is InChI=1S/C27H36N2O2S/c1-22-17-19-26(20-18-22)32(30,31)28-27(21-23-11-5-2-6-12-23)29(24-13-7-3-8-14-24)25-15-9-4-10-16-25/h2,5-6,11-12,17-20,24-25H,3-4,7-10,13-16,21H2,1H3/b28-27+. The van der Waals surface area contributed by atoms with E-state index in [1.165, 1.54) is 38.5 Å². The van der Waals surface area contributed by atoms with Crippen LogP contribution in [-0.2, 0) is 16.4 Å². The molecule has 172 valence electrons. The number of sulfonamides is 1. The van der Waals surface area contributed by atoms with Gasteiger partial charge in [0.15, 0.2) is 0 Å². The highest BCUT2D eigenvalue weighted by molar-refractivity contribution is 7.90. The lowest BCUT2D eigenvalue weighted by Gasteiger charge is -2.43. The van der Waals surface area contributed by atoms with Gasteiger partial charge in [-0.3, -0.25) is 0 Å². The summed E-state index contributed by atoms with van der Waals surface area (Å²) in [7, 11) is -3.77. The summed E-state index contributed by atoms with van der Waals surface area (Å²) in [5.41, 5.74) is 2.16.